The van der Waals surface area contributed by atoms with Crippen LogP contribution in [0.5, 0.6) is 0 Å². The Morgan fingerprint density at radius 2 is 1.94 bits per heavy atom. The van der Waals surface area contributed by atoms with Gasteiger partial charge in [-0.05, 0) is 56.1 Å². The third-order valence-corrected chi connectivity index (χ3v) is 5.93. The van der Waals surface area contributed by atoms with Crippen LogP contribution in [-0.4, -0.2) is 47.4 Å². The van der Waals surface area contributed by atoms with Gasteiger partial charge in [0.25, 0.3) is 11.8 Å². The summed E-state index contributed by atoms with van der Waals surface area (Å²) in [6.45, 7) is 9.03. The molecule has 31 heavy (non-hydrogen) atoms. The van der Waals surface area contributed by atoms with Crippen LogP contribution in [0.2, 0.25) is 0 Å². The molecule has 2 atom stereocenters. The second kappa shape index (κ2) is 8.32. The molecule has 0 radical (unpaired) electrons. The Bertz CT molecular complexity index is 926. The van der Waals surface area contributed by atoms with Crippen LogP contribution in [0.25, 0.3) is 0 Å². The van der Waals surface area contributed by atoms with Crippen LogP contribution in [0, 0.1) is 25.2 Å². The number of anilines is 1. The van der Waals surface area contributed by atoms with E-state index in [-0.39, 0.29) is 11.3 Å². The van der Waals surface area contributed by atoms with Gasteiger partial charge < -0.3 is 15.4 Å². The molecule has 1 aromatic carbocycles. The van der Waals surface area contributed by atoms with Crippen LogP contribution < -0.4 is 10.6 Å². The fraction of sp³-hybridized carbons (Fsp3) is 0.565. The first-order valence-corrected chi connectivity index (χ1v) is 10.6. The van der Waals surface area contributed by atoms with Crippen molar-refractivity contribution in [2.24, 2.45) is 11.3 Å². The lowest BCUT2D eigenvalue weighted by Gasteiger charge is -2.43. The zero-order valence-corrected chi connectivity index (χ0v) is 18.8. The molecule has 8 heteroatoms. The van der Waals surface area contributed by atoms with Crippen molar-refractivity contribution in [2.75, 3.05) is 18.5 Å². The van der Waals surface area contributed by atoms with E-state index < -0.39 is 42.5 Å². The summed E-state index contributed by atoms with van der Waals surface area (Å²) in [5, 5.41) is 5.51. The third-order valence-electron chi connectivity index (χ3n) is 5.93. The van der Waals surface area contributed by atoms with Crippen molar-refractivity contribution in [3.8, 4) is 0 Å². The number of rotatable bonds is 5. The predicted molar refractivity (Wildman–Crippen MR) is 115 cm³/mol. The van der Waals surface area contributed by atoms with Crippen molar-refractivity contribution < 1.29 is 23.9 Å². The molecule has 1 saturated carbocycles. The van der Waals surface area contributed by atoms with Crippen LogP contribution in [0.1, 0.15) is 51.2 Å². The van der Waals surface area contributed by atoms with Gasteiger partial charge in [-0.1, -0.05) is 38.5 Å². The smallest absolute Gasteiger partial charge is 0.326 e. The maximum absolute atomic E-state index is 13.1. The van der Waals surface area contributed by atoms with Gasteiger partial charge in [0, 0.05) is 5.69 Å². The minimum Gasteiger partial charge on any atom is -0.454 e. The van der Waals surface area contributed by atoms with E-state index >= 15 is 0 Å². The summed E-state index contributed by atoms with van der Waals surface area (Å²) in [5.74, 6) is -1.42. The summed E-state index contributed by atoms with van der Waals surface area (Å²) in [6.07, 6.45) is 2.04. The minimum atomic E-state index is -0.973. The number of hydrogen-bond acceptors (Lipinski definition) is 5. The molecule has 1 spiro atoms. The summed E-state index contributed by atoms with van der Waals surface area (Å²) >= 11 is 0. The maximum atomic E-state index is 13.1. The highest BCUT2D eigenvalue weighted by Gasteiger charge is 2.56. The SMILES string of the molecule is Cc1ccc(NC(=O)COC(=O)CN2C(=O)N[C@]3(C[C@H](C)CC(C)(C)C3)C2=O)c(C)c1. The summed E-state index contributed by atoms with van der Waals surface area (Å²) in [6, 6.07) is 4.99. The Hall–Kier alpha value is -2.90. The van der Waals surface area contributed by atoms with E-state index in [9.17, 15) is 19.2 Å². The molecule has 3 rings (SSSR count). The van der Waals surface area contributed by atoms with Gasteiger partial charge in [-0.2, -0.15) is 0 Å². The Morgan fingerprint density at radius 3 is 2.58 bits per heavy atom. The van der Waals surface area contributed by atoms with E-state index in [1.165, 1.54) is 0 Å². The average molecular weight is 430 g/mol. The van der Waals surface area contributed by atoms with Crippen molar-refractivity contribution in [2.45, 2.75) is 59.4 Å². The Kier molecular flexibility index (Phi) is 6.11. The number of aryl methyl sites for hydroxylation is 2. The first-order chi connectivity index (χ1) is 14.4. The van der Waals surface area contributed by atoms with Crippen molar-refractivity contribution >= 4 is 29.5 Å². The normalized spacial score (nSPS) is 24.8. The number of imide groups is 1. The highest BCUT2D eigenvalue weighted by Crippen LogP contribution is 2.46. The fourth-order valence-electron chi connectivity index (χ4n) is 5.11. The number of urea groups is 1. The molecule has 1 aromatic rings. The molecule has 1 saturated heterocycles. The van der Waals surface area contributed by atoms with E-state index in [1.807, 2.05) is 26.0 Å². The largest absolute Gasteiger partial charge is 0.454 e. The van der Waals surface area contributed by atoms with E-state index in [4.69, 9.17) is 4.74 Å². The zero-order valence-electron chi connectivity index (χ0n) is 18.8. The number of carbonyl (C=O) groups excluding carboxylic acids is 4. The van der Waals surface area contributed by atoms with Gasteiger partial charge in [0.05, 0.1) is 0 Å². The van der Waals surface area contributed by atoms with E-state index in [0.29, 0.717) is 18.5 Å². The van der Waals surface area contributed by atoms with Crippen molar-refractivity contribution in [3.63, 3.8) is 0 Å². The van der Waals surface area contributed by atoms with E-state index in [2.05, 4.69) is 31.4 Å². The van der Waals surface area contributed by atoms with Gasteiger partial charge in [-0.25, -0.2) is 4.79 Å². The van der Waals surface area contributed by atoms with Gasteiger partial charge in [0.2, 0.25) is 0 Å². The van der Waals surface area contributed by atoms with E-state index in [1.54, 1.807) is 6.07 Å². The molecule has 0 aromatic heterocycles. The van der Waals surface area contributed by atoms with Crippen LogP contribution in [0.15, 0.2) is 18.2 Å². The van der Waals surface area contributed by atoms with Crippen LogP contribution in [-0.2, 0) is 19.1 Å². The average Bonchev–Trinajstić information content (AvgIpc) is 2.84. The lowest BCUT2D eigenvalue weighted by Crippen LogP contribution is -2.54. The number of benzene rings is 1. The van der Waals surface area contributed by atoms with E-state index in [0.717, 1.165) is 22.4 Å². The maximum Gasteiger partial charge on any atom is 0.326 e. The summed E-state index contributed by atoms with van der Waals surface area (Å²) in [5.41, 5.74) is 1.54. The van der Waals surface area contributed by atoms with Gasteiger partial charge in [-0.15, -0.1) is 0 Å². The topological polar surface area (TPSA) is 105 Å². The first kappa shape index (κ1) is 22.8. The number of esters is 1. The minimum absolute atomic E-state index is 0.0939. The molecule has 1 heterocycles. The summed E-state index contributed by atoms with van der Waals surface area (Å²) in [7, 11) is 0. The quantitative estimate of drug-likeness (QED) is 0.553. The van der Waals surface area contributed by atoms with Crippen LogP contribution in [0.4, 0.5) is 10.5 Å². The van der Waals surface area contributed by atoms with Gasteiger partial charge in [0.15, 0.2) is 6.61 Å². The lowest BCUT2D eigenvalue weighted by atomic mass is 9.64. The lowest BCUT2D eigenvalue weighted by molar-refractivity contribution is -0.150. The van der Waals surface area contributed by atoms with Gasteiger partial charge in [0.1, 0.15) is 12.1 Å². The summed E-state index contributed by atoms with van der Waals surface area (Å²) < 4.78 is 5.01. The molecule has 1 aliphatic carbocycles. The van der Waals surface area contributed by atoms with Crippen molar-refractivity contribution in [1.29, 1.82) is 0 Å². The Morgan fingerprint density at radius 1 is 1.23 bits per heavy atom. The first-order valence-electron chi connectivity index (χ1n) is 10.6. The number of carbonyl (C=O) groups is 4. The molecule has 2 fully saturated rings. The Labute approximate surface area is 182 Å². The number of amides is 4. The molecular formula is C23H31N3O5. The molecule has 0 bridgehead atoms. The van der Waals surface area contributed by atoms with Crippen molar-refractivity contribution in [3.05, 3.63) is 29.3 Å². The van der Waals surface area contributed by atoms with Gasteiger partial charge in [-0.3, -0.25) is 19.3 Å². The number of ether oxygens (including phenoxy) is 1. The molecule has 4 amide bonds. The highest BCUT2D eigenvalue weighted by atomic mass is 16.5. The second-order valence-electron chi connectivity index (χ2n) is 9.79. The third kappa shape index (κ3) is 5.06. The number of hydrogen-bond donors (Lipinski definition) is 2. The van der Waals surface area contributed by atoms with Crippen molar-refractivity contribution in [1.82, 2.24) is 10.2 Å². The molecular weight excluding hydrogens is 398 g/mol. The zero-order chi connectivity index (χ0) is 23.0. The Balaban J connectivity index is 1.56. The molecule has 0 unspecified atom stereocenters. The predicted octanol–water partition coefficient (Wildman–Crippen LogP) is 2.92. The highest BCUT2D eigenvalue weighted by molar-refractivity contribution is 6.09. The second-order valence-corrected chi connectivity index (χ2v) is 9.79. The number of nitrogens with zero attached hydrogens (tertiary/aromatic N) is 1. The number of nitrogens with one attached hydrogen (secondary N) is 2. The fourth-order valence-corrected chi connectivity index (χ4v) is 5.11. The standard InChI is InChI=1S/C23H31N3O5/c1-14-6-7-17(16(3)8-14)24-18(27)12-31-19(28)11-26-20(29)23(25-21(26)30)10-15(2)9-22(4,5)13-23/h6-8,15H,9-13H2,1-5H3,(H,24,27)(H,25,30)/t15-,23+/m1/s1. The molecule has 2 aliphatic rings. The molecule has 168 valence electrons. The monoisotopic (exact) mass is 429 g/mol. The summed E-state index contributed by atoms with van der Waals surface area (Å²) in [4.78, 5) is 50.8. The van der Waals surface area contributed by atoms with Crippen LogP contribution in [0.3, 0.4) is 0 Å². The molecule has 1 aliphatic heterocycles. The van der Waals surface area contributed by atoms with Crippen LogP contribution >= 0.6 is 0 Å². The molecule has 8 nitrogen and oxygen atoms in total. The molecule has 2 N–H and O–H groups in total. The van der Waals surface area contributed by atoms with Gasteiger partial charge >= 0.3 is 12.0 Å².